The van der Waals surface area contributed by atoms with Crippen molar-refractivity contribution in [3.63, 3.8) is 0 Å². The third-order valence-electron chi connectivity index (χ3n) is 3.89. The van der Waals surface area contributed by atoms with Gasteiger partial charge in [-0.25, -0.2) is 8.78 Å². The molecular formula is C18H17F2N5O2. The lowest BCUT2D eigenvalue weighted by molar-refractivity contribution is -0.131. The molecule has 0 bridgehead atoms. The number of halogens is 2. The van der Waals surface area contributed by atoms with Crippen molar-refractivity contribution in [1.82, 2.24) is 25.1 Å². The number of methoxy groups -OCH3 is 1. The summed E-state index contributed by atoms with van der Waals surface area (Å²) >= 11 is 0. The van der Waals surface area contributed by atoms with Crippen LogP contribution >= 0.6 is 0 Å². The van der Waals surface area contributed by atoms with E-state index in [-0.39, 0.29) is 30.6 Å². The van der Waals surface area contributed by atoms with Gasteiger partial charge in [0, 0.05) is 19.2 Å². The van der Waals surface area contributed by atoms with Gasteiger partial charge in [-0.15, -0.1) is 10.2 Å². The second-order valence-corrected chi connectivity index (χ2v) is 5.87. The van der Waals surface area contributed by atoms with Gasteiger partial charge in [0.2, 0.25) is 11.7 Å². The van der Waals surface area contributed by atoms with Crippen molar-refractivity contribution in [2.24, 2.45) is 0 Å². The molecule has 2 aromatic carbocycles. The van der Waals surface area contributed by atoms with E-state index in [1.165, 1.54) is 48.4 Å². The van der Waals surface area contributed by atoms with Crippen LogP contribution in [0, 0.1) is 11.6 Å². The molecule has 3 rings (SSSR count). The van der Waals surface area contributed by atoms with Gasteiger partial charge in [-0.3, -0.25) is 4.79 Å². The third-order valence-corrected chi connectivity index (χ3v) is 3.89. The maximum atomic E-state index is 13.8. The zero-order chi connectivity index (χ0) is 19.4. The van der Waals surface area contributed by atoms with Crippen LogP contribution in [0.3, 0.4) is 0 Å². The van der Waals surface area contributed by atoms with E-state index in [9.17, 15) is 13.6 Å². The number of aromatic nitrogens is 4. The van der Waals surface area contributed by atoms with E-state index >= 15 is 0 Å². The summed E-state index contributed by atoms with van der Waals surface area (Å²) in [5.74, 6) is -0.680. The van der Waals surface area contributed by atoms with Crippen molar-refractivity contribution in [2.75, 3.05) is 14.2 Å². The monoisotopic (exact) mass is 373 g/mol. The Kier molecular flexibility index (Phi) is 5.39. The van der Waals surface area contributed by atoms with Crippen LogP contribution in [0.4, 0.5) is 8.78 Å². The lowest BCUT2D eigenvalue weighted by Crippen LogP contribution is -2.30. The fourth-order valence-electron chi connectivity index (χ4n) is 2.44. The lowest BCUT2D eigenvalue weighted by Gasteiger charge is -2.17. The second-order valence-electron chi connectivity index (χ2n) is 5.87. The van der Waals surface area contributed by atoms with Crippen LogP contribution < -0.4 is 4.74 Å². The number of carbonyl (C=O) groups excluding carboxylic acids is 1. The van der Waals surface area contributed by atoms with Crippen molar-refractivity contribution in [2.45, 2.75) is 13.1 Å². The van der Waals surface area contributed by atoms with Gasteiger partial charge in [0.1, 0.15) is 12.4 Å². The van der Waals surface area contributed by atoms with E-state index < -0.39 is 5.82 Å². The van der Waals surface area contributed by atoms with E-state index in [0.29, 0.717) is 17.0 Å². The number of nitrogens with zero attached hydrogens (tertiary/aromatic N) is 5. The van der Waals surface area contributed by atoms with Crippen LogP contribution in [0.15, 0.2) is 42.5 Å². The normalized spacial score (nSPS) is 10.7. The molecule has 0 atom stereocenters. The maximum absolute atomic E-state index is 13.8. The minimum absolute atomic E-state index is 0.122. The number of carbonyl (C=O) groups is 1. The van der Waals surface area contributed by atoms with Crippen molar-refractivity contribution < 1.29 is 18.3 Å². The highest BCUT2D eigenvalue weighted by Gasteiger charge is 2.14. The van der Waals surface area contributed by atoms with Crippen LogP contribution in [0.5, 0.6) is 5.75 Å². The molecule has 0 saturated heterocycles. The topological polar surface area (TPSA) is 73.1 Å². The summed E-state index contributed by atoms with van der Waals surface area (Å²) in [7, 11) is 2.99. The largest absolute Gasteiger partial charge is 0.494 e. The summed E-state index contributed by atoms with van der Waals surface area (Å²) in [6.07, 6.45) is 0. The Morgan fingerprint density at radius 2 is 1.93 bits per heavy atom. The summed E-state index contributed by atoms with van der Waals surface area (Å²) in [6.45, 7) is 0.0998. The molecule has 0 aliphatic heterocycles. The minimum Gasteiger partial charge on any atom is -0.494 e. The smallest absolute Gasteiger partial charge is 0.246 e. The first-order valence-corrected chi connectivity index (χ1v) is 8.06. The fourth-order valence-corrected chi connectivity index (χ4v) is 2.44. The Balaban J connectivity index is 1.63. The molecule has 0 radical (unpaired) electrons. The minimum atomic E-state index is -0.488. The van der Waals surface area contributed by atoms with Gasteiger partial charge >= 0.3 is 0 Å². The highest BCUT2D eigenvalue weighted by Crippen LogP contribution is 2.18. The van der Waals surface area contributed by atoms with Gasteiger partial charge in [-0.05, 0) is 47.2 Å². The number of hydrogen-bond donors (Lipinski definition) is 0. The highest BCUT2D eigenvalue weighted by atomic mass is 19.1. The van der Waals surface area contributed by atoms with Crippen molar-refractivity contribution in [1.29, 1.82) is 0 Å². The number of hydrogen-bond acceptors (Lipinski definition) is 5. The van der Waals surface area contributed by atoms with Crippen LogP contribution in [0.25, 0.3) is 11.4 Å². The van der Waals surface area contributed by atoms with Gasteiger partial charge in [0.25, 0.3) is 0 Å². The van der Waals surface area contributed by atoms with Gasteiger partial charge < -0.3 is 9.64 Å². The Morgan fingerprint density at radius 3 is 2.59 bits per heavy atom. The first-order chi connectivity index (χ1) is 13.0. The predicted octanol–water partition coefficient (Wildman–Crippen LogP) is 2.29. The van der Waals surface area contributed by atoms with Crippen LogP contribution in [0.1, 0.15) is 5.56 Å². The molecule has 0 aliphatic rings. The number of tetrazole rings is 1. The average Bonchev–Trinajstić information content (AvgIpc) is 3.11. The maximum Gasteiger partial charge on any atom is 0.246 e. The van der Waals surface area contributed by atoms with Gasteiger partial charge in [-0.1, -0.05) is 6.07 Å². The molecule has 0 fully saturated rings. The number of amides is 1. The molecular weight excluding hydrogens is 356 g/mol. The molecule has 27 heavy (non-hydrogen) atoms. The van der Waals surface area contributed by atoms with Gasteiger partial charge in [0.05, 0.1) is 7.11 Å². The zero-order valence-electron chi connectivity index (χ0n) is 14.8. The van der Waals surface area contributed by atoms with E-state index in [1.54, 1.807) is 13.1 Å². The molecule has 0 unspecified atom stereocenters. The van der Waals surface area contributed by atoms with E-state index in [2.05, 4.69) is 15.4 Å². The van der Waals surface area contributed by atoms with Crippen molar-refractivity contribution >= 4 is 5.91 Å². The van der Waals surface area contributed by atoms with Crippen LogP contribution in [-0.2, 0) is 17.9 Å². The summed E-state index contributed by atoms with van der Waals surface area (Å²) in [5.41, 5.74) is 1.22. The second kappa shape index (κ2) is 7.90. The number of rotatable bonds is 6. The van der Waals surface area contributed by atoms with Gasteiger partial charge in [0.15, 0.2) is 11.6 Å². The predicted molar refractivity (Wildman–Crippen MR) is 92.6 cm³/mol. The fraction of sp³-hybridized carbons (Fsp3) is 0.222. The Hall–Kier alpha value is -3.36. The molecule has 1 heterocycles. The highest BCUT2D eigenvalue weighted by molar-refractivity contribution is 5.75. The standard InChI is InChI=1S/C18H17F2N5O2/c1-24(10-12-3-8-16(27-2)15(20)9-12)17(26)11-25-22-18(21-23-25)13-4-6-14(19)7-5-13/h3-9H,10-11H2,1-2H3. The quantitative estimate of drug-likeness (QED) is 0.663. The molecule has 1 amide bonds. The average molecular weight is 373 g/mol. The first kappa shape index (κ1) is 18.4. The summed E-state index contributed by atoms with van der Waals surface area (Å²) in [5, 5.41) is 11.8. The Labute approximate surface area is 154 Å². The Bertz CT molecular complexity index is 943. The first-order valence-electron chi connectivity index (χ1n) is 8.06. The number of ether oxygens (including phenoxy) is 1. The van der Waals surface area contributed by atoms with Crippen molar-refractivity contribution in [3.05, 3.63) is 59.7 Å². The molecule has 0 N–H and O–H groups in total. The van der Waals surface area contributed by atoms with Gasteiger partial charge in [-0.2, -0.15) is 4.80 Å². The third kappa shape index (κ3) is 4.43. The molecule has 0 spiro atoms. The summed E-state index contributed by atoms with van der Waals surface area (Å²) in [4.78, 5) is 14.9. The van der Waals surface area contributed by atoms with Crippen LogP contribution in [-0.4, -0.2) is 45.2 Å². The van der Waals surface area contributed by atoms with Crippen LogP contribution in [0.2, 0.25) is 0 Å². The summed E-state index contributed by atoms with van der Waals surface area (Å²) < 4.78 is 31.6. The molecule has 3 aromatic rings. The van der Waals surface area contributed by atoms with E-state index in [1.807, 2.05) is 0 Å². The molecule has 140 valence electrons. The molecule has 0 aliphatic carbocycles. The lowest BCUT2D eigenvalue weighted by atomic mass is 10.2. The summed E-state index contributed by atoms with van der Waals surface area (Å²) in [6, 6.07) is 10.2. The van der Waals surface area contributed by atoms with E-state index in [4.69, 9.17) is 4.74 Å². The Morgan fingerprint density at radius 1 is 1.19 bits per heavy atom. The SMILES string of the molecule is COc1ccc(CN(C)C(=O)Cn2nnc(-c3ccc(F)cc3)n2)cc1F. The number of likely N-dealkylation sites (N-methyl/N-ethyl adjacent to an activating group) is 1. The molecule has 9 heteroatoms. The zero-order valence-corrected chi connectivity index (χ0v) is 14.8. The molecule has 7 nitrogen and oxygen atoms in total. The molecule has 0 saturated carbocycles. The number of benzene rings is 2. The van der Waals surface area contributed by atoms with Crippen molar-refractivity contribution in [3.8, 4) is 17.1 Å². The van der Waals surface area contributed by atoms with E-state index in [0.717, 1.165) is 4.80 Å². The molecule has 1 aromatic heterocycles.